The van der Waals surface area contributed by atoms with Crippen LogP contribution in [0.15, 0.2) is 42.7 Å². The molecule has 1 heterocycles. The van der Waals surface area contributed by atoms with Crippen molar-refractivity contribution in [2.75, 3.05) is 0 Å². The highest BCUT2D eigenvalue weighted by molar-refractivity contribution is 7.81. The fourth-order valence-electron chi connectivity index (χ4n) is 2.51. The molecule has 0 saturated heterocycles. The molecule has 0 bridgehead atoms. The number of hydrogen-bond acceptors (Lipinski definition) is 10. The predicted molar refractivity (Wildman–Crippen MR) is 98.3 cm³/mol. The van der Waals surface area contributed by atoms with E-state index >= 15 is 0 Å². The molecule has 0 spiro atoms. The summed E-state index contributed by atoms with van der Waals surface area (Å²) < 4.78 is 80.8. The van der Waals surface area contributed by atoms with E-state index in [9.17, 15) is 27.0 Å². The summed E-state index contributed by atoms with van der Waals surface area (Å²) in [5.41, 5.74) is 0.474. The molecule has 4 N–H and O–H groups in total. The molecule has 30 heavy (non-hydrogen) atoms. The average molecular weight is 462 g/mol. The van der Waals surface area contributed by atoms with Crippen LogP contribution in [0, 0.1) is 0 Å². The van der Waals surface area contributed by atoms with Gasteiger partial charge in [-0.2, -0.15) is 16.8 Å². The van der Waals surface area contributed by atoms with Gasteiger partial charge in [-0.15, -0.1) is 0 Å². The van der Waals surface area contributed by atoms with Crippen LogP contribution in [0.25, 0.3) is 6.08 Å². The van der Waals surface area contributed by atoms with E-state index in [2.05, 4.69) is 8.37 Å². The Morgan fingerprint density at radius 2 is 1.60 bits per heavy atom. The summed E-state index contributed by atoms with van der Waals surface area (Å²) in [6, 6.07) is 7.72. The number of rotatable bonds is 6. The van der Waals surface area contributed by atoms with E-state index in [0.717, 1.165) is 18.2 Å². The van der Waals surface area contributed by atoms with Crippen molar-refractivity contribution in [3.05, 3.63) is 53.8 Å². The van der Waals surface area contributed by atoms with Crippen LogP contribution in [0.5, 0.6) is 23.0 Å². The minimum Gasteiger partial charge on any atom is -0.504 e. The maximum absolute atomic E-state index is 11.2. The van der Waals surface area contributed by atoms with Gasteiger partial charge in [-0.1, -0.05) is 12.1 Å². The Morgan fingerprint density at radius 3 is 2.23 bits per heavy atom. The van der Waals surface area contributed by atoms with Gasteiger partial charge in [-0.3, -0.25) is 9.11 Å². The molecule has 0 saturated carbocycles. The van der Waals surface area contributed by atoms with Crippen LogP contribution in [0.4, 0.5) is 0 Å². The third kappa shape index (κ3) is 5.52. The van der Waals surface area contributed by atoms with Crippen LogP contribution in [0.3, 0.4) is 0 Å². The maximum atomic E-state index is 11.2. The Bertz CT molecular complexity index is 1190. The second-order valence-corrected chi connectivity index (χ2v) is 7.93. The molecular formula is C16H14O12S2. The Hall–Kier alpha value is -3.04. The van der Waals surface area contributed by atoms with E-state index in [1.54, 1.807) is 0 Å². The van der Waals surface area contributed by atoms with Gasteiger partial charge in [0.2, 0.25) is 0 Å². The van der Waals surface area contributed by atoms with Crippen LogP contribution in [0.1, 0.15) is 17.2 Å². The molecule has 0 unspecified atom stereocenters. The minimum atomic E-state index is -4.97. The lowest BCUT2D eigenvalue weighted by Gasteiger charge is -2.33. The summed E-state index contributed by atoms with van der Waals surface area (Å²) in [5, 5.41) is 19.1. The highest BCUT2D eigenvalue weighted by atomic mass is 32.3. The molecule has 0 fully saturated rings. The number of phenols is 2. The molecule has 0 amide bonds. The largest absolute Gasteiger partial charge is 0.504 e. The quantitative estimate of drug-likeness (QED) is 0.276. The van der Waals surface area contributed by atoms with Crippen molar-refractivity contribution >= 4 is 26.9 Å². The third-order valence-corrected chi connectivity index (χ3v) is 4.48. The number of fused-ring (bicyclic) bond motifs is 1. The van der Waals surface area contributed by atoms with Crippen LogP contribution in [-0.2, 0) is 29.2 Å². The summed E-state index contributed by atoms with van der Waals surface area (Å²) in [6.45, 7) is 0. The van der Waals surface area contributed by atoms with E-state index in [0.29, 0.717) is 11.8 Å². The lowest BCUT2D eigenvalue weighted by molar-refractivity contribution is -0.0990. The molecule has 1 aliphatic rings. The number of ether oxygens (including phenoxy) is 2. The first-order valence-corrected chi connectivity index (χ1v) is 10.6. The van der Waals surface area contributed by atoms with Gasteiger partial charge < -0.3 is 23.9 Å². The smallest absolute Gasteiger partial charge is 0.445 e. The Morgan fingerprint density at radius 1 is 0.867 bits per heavy atom. The second kappa shape index (κ2) is 8.00. The monoisotopic (exact) mass is 462 g/mol. The van der Waals surface area contributed by atoms with E-state index in [4.69, 9.17) is 18.6 Å². The zero-order chi connectivity index (χ0) is 22.1. The van der Waals surface area contributed by atoms with Crippen LogP contribution >= 0.6 is 0 Å². The van der Waals surface area contributed by atoms with Crippen molar-refractivity contribution in [2.24, 2.45) is 0 Å². The van der Waals surface area contributed by atoms with E-state index in [1.807, 2.05) is 0 Å². The van der Waals surface area contributed by atoms with Crippen molar-refractivity contribution in [2.45, 2.75) is 12.4 Å². The van der Waals surface area contributed by atoms with Crippen LogP contribution in [0.2, 0.25) is 0 Å². The first-order valence-electron chi connectivity index (χ1n) is 7.88. The molecule has 0 aliphatic carbocycles. The fourth-order valence-corrected chi connectivity index (χ4v) is 3.08. The van der Waals surface area contributed by atoms with Crippen molar-refractivity contribution in [1.29, 1.82) is 0 Å². The maximum Gasteiger partial charge on any atom is 0.445 e. The molecule has 2 aromatic carbocycles. The van der Waals surface area contributed by atoms with Crippen LogP contribution in [-0.4, -0.2) is 42.4 Å². The second-order valence-electron chi connectivity index (χ2n) is 5.83. The molecule has 3 rings (SSSR count). The molecule has 1 aliphatic heterocycles. The average Bonchev–Trinajstić information content (AvgIpc) is 2.61. The summed E-state index contributed by atoms with van der Waals surface area (Å²) in [4.78, 5) is 0. The lowest BCUT2D eigenvalue weighted by atomic mass is 10.1. The van der Waals surface area contributed by atoms with Crippen molar-refractivity contribution < 1.29 is 54.0 Å². The molecule has 2 aromatic rings. The SMILES string of the molecule is O=S(=O)(O)OC=Cc1ccc2c(c1)O[C@H](OS(=O)(=O)O)[C@@H](c1ccc(O)c(O)c1)O2. The fraction of sp³-hybridized carbons (Fsp3) is 0.125. The zero-order valence-electron chi connectivity index (χ0n) is 14.6. The van der Waals surface area contributed by atoms with Gasteiger partial charge in [-0.05, 0) is 35.9 Å². The summed E-state index contributed by atoms with van der Waals surface area (Å²) in [6.07, 6.45) is -1.14. The summed E-state index contributed by atoms with van der Waals surface area (Å²) >= 11 is 0. The lowest BCUT2D eigenvalue weighted by Crippen LogP contribution is -2.37. The normalized spacial score (nSPS) is 19.0. The first kappa shape index (κ1) is 21.7. The van der Waals surface area contributed by atoms with E-state index < -0.39 is 44.7 Å². The number of phenolic OH excluding ortho intramolecular Hbond substituents is 2. The summed E-state index contributed by atoms with van der Waals surface area (Å²) in [5.74, 6) is -0.842. The van der Waals surface area contributed by atoms with Gasteiger partial charge in [-0.25, -0.2) is 4.18 Å². The van der Waals surface area contributed by atoms with Gasteiger partial charge in [0.25, 0.3) is 6.29 Å². The molecular weight excluding hydrogens is 448 g/mol. The molecule has 14 heteroatoms. The number of benzene rings is 2. The standard InChI is InChI=1S/C16H14O12S2/c17-11-3-2-10(8-12(11)18)15-16(28-30(22,23)24)27-14-7-9(1-4-13(14)26-15)5-6-25-29(19,20)21/h1-8,15-18H,(H,19,20,21)(H,22,23,24)/t15-,16-/m1/s1. The zero-order valence-corrected chi connectivity index (χ0v) is 16.3. The Balaban J connectivity index is 1.94. The molecule has 0 radical (unpaired) electrons. The summed E-state index contributed by atoms with van der Waals surface area (Å²) in [7, 11) is -9.65. The van der Waals surface area contributed by atoms with Crippen molar-refractivity contribution in [3.8, 4) is 23.0 Å². The van der Waals surface area contributed by atoms with E-state index in [1.165, 1.54) is 24.3 Å². The Kier molecular flexibility index (Phi) is 5.78. The van der Waals surface area contributed by atoms with Crippen molar-refractivity contribution in [1.82, 2.24) is 0 Å². The first-order chi connectivity index (χ1) is 13.9. The van der Waals surface area contributed by atoms with Gasteiger partial charge in [0.05, 0.1) is 0 Å². The predicted octanol–water partition coefficient (Wildman–Crippen LogP) is 1.55. The minimum absolute atomic E-state index is 0.0306. The number of hydrogen-bond donors (Lipinski definition) is 4. The molecule has 162 valence electrons. The van der Waals surface area contributed by atoms with E-state index in [-0.39, 0.29) is 17.1 Å². The van der Waals surface area contributed by atoms with Crippen molar-refractivity contribution in [3.63, 3.8) is 0 Å². The number of aromatic hydroxyl groups is 2. The highest BCUT2D eigenvalue weighted by Gasteiger charge is 2.37. The molecule has 2 atom stereocenters. The molecule has 0 aromatic heterocycles. The van der Waals surface area contributed by atoms with Gasteiger partial charge in [0.15, 0.2) is 29.1 Å². The molecule has 12 nitrogen and oxygen atoms in total. The van der Waals surface area contributed by atoms with Gasteiger partial charge >= 0.3 is 20.8 Å². The third-order valence-electron chi connectivity index (χ3n) is 3.69. The Labute approximate surface area is 170 Å². The highest BCUT2D eigenvalue weighted by Crippen LogP contribution is 2.42. The van der Waals surface area contributed by atoms with Crippen LogP contribution < -0.4 is 9.47 Å². The van der Waals surface area contributed by atoms with Gasteiger partial charge in [0, 0.05) is 5.56 Å². The topological polar surface area (TPSA) is 186 Å². The van der Waals surface area contributed by atoms with Gasteiger partial charge in [0.1, 0.15) is 6.26 Å².